The summed E-state index contributed by atoms with van der Waals surface area (Å²) >= 11 is 0. The Kier molecular flexibility index (Phi) is 4.74. The van der Waals surface area contributed by atoms with E-state index in [-0.39, 0.29) is 23.1 Å². The first kappa shape index (κ1) is 17.4. The molecular formula is C18H24N4O3. The Morgan fingerprint density at radius 3 is 2.72 bits per heavy atom. The van der Waals surface area contributed by atoms with Gasteiger partial charge in [0.25, 0.3) is 11.5 Å². The molecule has 0 radical (unpaired) electrons. The van der Waals surface area contributed by atoms with Gasteiger partial charge in [0.05, 0.1) is 0 Å². The Labute approximate surface area is 146 Å². The summed E-state index contributed by atoms with van der Waals surface area (Å²) in [4.78, 5) is 32.1. The van der Waals surface area contributed by atoms with Crippen molar-refractivity contribution in [2.75, 3.05) is 6.54 Å². The predicted molar refractivity (Wildman–Crippen MR) is 92.5 cm³/mol. The molecule has 1 unspecified atom stereocenters. The summed E-state index contributed by atoms with van der Waals surface area (Å²) in [5, 5.41) is 3.84. The van der Waals surface area contributed by atoms with Crippen LogP contribution in [0, 0.1) is 20.8 Å². The van der Waals surface area contributed by atoms with Gasteiger partial charge in [-0.25, -0.2) is 0 Å². The number of piperidine rings is 1. The van der Waals surface area contributed by atoms with Crippen LogP contribution in [0.1, 0.15) is 65.6 Å². The van der Waals surface area contributed by atoms with E-state index >= 15 is 0 Å². The first-order chi connectivity index (χ1) is 11.9. The number of nitrogens with zero attached hydrogens (tertiary/aromatic N) is 4. The largest absolute Gasteiger partial charge is 0.337 e. The van der Waals surface area contributed by atoms with Crippen molar-refractivity contribution in [3.63, 3.8) is 0 Å². The number of hydrogen-bond donors (Lipinski definition) is 0. The molecule has 0 saturated carbocycles. The molecule has 3 heterocycles. The third-order valence-corrected chi connectivity index (χ3v) is 4.83. The van der Waals surface area contributed by atoms with E-state index in [0.29, 0.717) is 30.4 Å². The molecule has 0 spiro atoms. The molecule has 25 heavy (non-hydrogen) atoms. The summed E-state index contributed by atoms with van der Waals surface area (Å²) in [5.74, 6) is 0.754. The number of carbonyl (C=O) groups excluding carboxylic acids is 1. The van der Waals surface area contributed by atoms with E-state index in [1.807, 2.05) is 26.8 Å². The van der Waals surface area contributed by atoms with Crippen LogP contribution < -0.4 is 5.56 Å². The van der Waals surface area contributed by atoms with Crippen LogP contribution in [0.25, 0.3) is 0 Å². The molecule has 7 heteroatoms. The van der Waals surface area contributed by atoms with Crippen LogP contribution in [0.15, 0.2) is 15.4 Å². The molecule has 0 aromatic carbocycles. The highest BCUT2D eigenvalue weighted by Gasteiger charge is 2.34. The zero-order chi connectivity index (χ0) is 18.1. The van der Waals surface area contributed by atoms with Crippen molar-refractivity contribution in [2.45, 2.75) is 59.5 Å². The Balaban J connectivity index is 2.03. The number of pyridine rings is 1. The Morgan fingerprint density at radius 2 is 2.08 bits per heavy atom. The molecule has 134 valence electrons. The van der Waals surface area contributed by atoms with Gasteiger partial charge in [-0.2, -0.15) is 4.98 Å². The molecule has 1 atom stereocenters. The highest BCUT2D eigenvalue weighted by molar-refractivity contribution is 5.95. The van der Waals surface area contributed by atoms with Crippen molar-refractivity contribution in [3.8, 4) is 0 Å². The first-order valence-electron chi connectivity index (χ1n) is 8.76. The second-order valence-corrected chi connectivity index (χ2v) is 6.58. The van der Waals surface area contributed by atoms with E-state index in [1.165, 1.54) is 0 Å². The number of rotatable bonds is 3. The van der Waals surface area contributed by atoms with E-state index in [9.17, 15) is 9.59 Å². The van der Waals surface area contributed by atoms with Gasteiger partial charge in [0.2, 0.25) is 5.89 Å². The predicted octanol–water partition coefficient (Wildman–Crippen LogP) is 2.54. The SMILES string of the molecule is CCn1c(C)cc(C)c(C(=O)N2CCCCC2c2nc(C)no2)c1=O. The molecule has 1 fully saturated rings. The van der Waals surface area contributed by atoms with Gasteiger partial charge in [-0.05, 0) is 58.6 Å². The molecule has 1 aliphatic heterocycles. The highest BCUT2D eigenvalue weighted by atomic mass is 16.5. The Morgan fingerprint density at radius 1 is 1.32 bits per heavy atom. The minimum atomic E-state index is -0.266. The van der Waals surface area contributed by atoms with Crippen LogP contribution in [0.4, 0.5) is 0 Å². The molecule has 2 aromatic heterocycles. The Bertz CT molecular complexity index is 852. The van der Waals surface area contributed by atoms with E-state index in [1.54, 1.807) is 16.4 Å². The standard InChI is InChI=1S/C18H24N4O3/c1-5-21-12(3)10-11(2)15(17(21)23)18(24)22-9-7-6-8-14(22)16-19-13(4)20-25-16/h10,14H,5-9H2,1-4H3. The molecular weight excluding hydrogens is 320 g/mol. The third-order valence-electron chi connectivity index (χ3n) is 4.83. The number of hydrogen-bond acceptors (Lipinski definition) is 5. The maximum atomic E-state index is 13.2. The smallest absolute Gasteiger partial charge is 0.263 e. The van der Waals surface area contributed by atoms with Crippen molar-refractivity contribution in [3.05, 3.63) is 45.0 Å². The molecule has 2 aromatic rings. The molecule has 1 saturated heterocycles. The van der Waals surface area contributed by atoms with Gasteiger partial charge in [0.15, 0.2) is 5.82 Å². The van der Waals surface area contributed by atoms with Gasteiger partial charge in [0.1, 0.15) is 11.6 Å². The molecule has 1 amide bonds. The van der Waals surface area contributed by atoms with Crippen LogP contribution in [-0.2, 0) is 6.54 Å². The summed E-state index contributed by atoms with van der Waals surface area (Å²) in [7, 11) is 0. The van der Waals surface area contributed by atoms with Crippen molar-refractivity contribution in [1.82, 2.24) is 19.6 Å². The molecule has 0 N–H and O–H groups in total. The normalized spacial score (nSPS) is 17.8. The van der Waals surface area contributed by atoms with Crippen LogP contribution in [0.3, 0.4) is 0 Å². The fourth-order valence-electron chi connectivity index (χ4n) is 3.60. The highest BCUT2D eigenvalue weighted by Crippen LogP contribution is 2.31. The van der Waals surface area contributed by atoms with Crippen LogP contribution in [0.2, 0.25) is 0 Å². The summed E-state index contributed by atoms with van der Waals surface area (Å²) in [6.07, 6.45) is 2.66. The van der Waals surface area contributed by atoms with E-state index < -0.39 is 0 Å². The molecule has 3 rings (SSSR count). The van der Waals surface area contributed by atoms with Crippen LogP contribution in [0.5, 0.6) is 0 Å². The maximum absolute atomic E-state index is 13.2. The average molecular weight is 344 g/mol. The minimum Gasteiger partial charge on any atom is -0.337 e. The summed E-state index contributed by atoms with van der Waals surface area (Å²) < 4.78 is 6.94. The number of aryl methyl sites for hydroxylation is 3. The van der Waals surface area contributed by atoms with Crippen molar-refractivity contribution < 1.29 is 9.32 Å². The van der Waals surface area contributed by atoms with E-state index in [4.69, 9.17) is 4.52 Å². The van der Waals surface area contributed by atoms with Crippen LogP contribution >= 0.6 is 0 Å². The Hall–Kier alpha value is -2.44. The van der Waals surface area contributed by atoms with Gasteiger partial charge in [0, 0.05) is 18.8 Å². The second-order valence-electron chi connectivity index (χ2n) is 6.58. The summed E-state index contributed by atoms with van der Waals surface area (Å²) in [6.45, 7) is 8.49. The fraction of sp³-hybridized carbons (Fsp3) is 0.556. The van der Waals surface area contributed by atoms with E-state index in [2.05, 4.69) is 10.1 Å². The lowest BCUT2D eigenvalue weighted by Crippen LogP contribution is -2.42. The fourth-order valence-corrected chi connectivity index (χ4v) is 3.60. The molecule has 1 aliphatic rings. The zero-order valence-corrected chi connectivity index (χ0v) is 15.2. The van der Waals surface area contributed by atoms with Crippen molar-refractivity contribution in [2.24, 2.45) is 0 Å². The van der Waals surface area contributed by atoms with Gasteiger partial charge in [-0.1, -0.05) is 5.16 Å². The average Bonchev–Trinajstić information content (AvgIpc) is 3.01. The van der Waals surface area contributed by atoms with Gasteiger partial charge in [-0.3, -0.25) is 9.59 Å². The monoisotopic (exact) mass is 344 g/mol. The van der Waals surface area contributed by atoms with E-state index in [0.717, 1.165) is 25.0 Å². The van der Waals surface area contributed by atoms with Crippen LogP contribution in [-0.4, -0.2) is 32.1 Å². The topological polar surface area (TPSA) is 81.2 Å². The minimum absolute atomic E-state index is 0.226. The summed E-state index contributed by atoms with van der Waals surface area (Å²) in [6, 6.07) is 1.63. The second kappa shape index (κ2) is 6.82. The van der Waals surface area contributed by atoms with Gasteiger partial charge in [-0.15, -0.1) is 0 Å². The van der Waals surface area contributed by atoms with Gasteiger partial charge < -0.3 is 14.0 Å². The number of carbonyl (C=O) groups is 1. The number of amides is 1. The lowest BCUT2D eigenvalue weighted by molar-refractivity contribution is 0.0558. The lowest BCUT2D eigenvalue weighted by Gasteiger charge is -2.33. The maximum Gasteiger partial charge on any atom is 0.263 e. The number of aromatic nitrogens is 3. The van der Waals surface area contributed by atoms with Crippen molar-refractivity contribution in [1.29, 1.82) is 0 Å². The third kappa shape index (κ3) is 3.10. The quantitative estimate of drug-likeness (QED) is 0.855. The zero-order valence-electron chi connectivity index (χ0n) is 15.2. The van der Waals surface area contributed by atoms with Crippen molar-refractivity contribution >= 4 is 5.91 Å². The molecule has 0 bridgehead atoms. The first-order valence-corrected chi connectivity index (χ1v) is 8.76. The molecule has 7 nitrogen and oxygen atoms in total. The summed E-state index contributed by atoms with van der Waals surface area (Å²) in [5.41, 5.74) is 1.60. The molecule has 0 aliphatic carbocycles. The number of likely N-dealkylation sites (tertiary alicyclic amines) is 1. The lowest BCUT2D eigenvalue weighted by atomic mass is 9.99. The van der Waals surface area contributed by atoms with Gasteiger partial charge >= 0.3 is 0 Å².